The molecule has 6 rings (SSSR count). The summed E-state index contributed by atoms with van der Waals surface area (Å²) in [5, 5.41) is 6.21. The monoisotopic (exact) mass is 587 g/mol. The molecule has 2 saturated heterocycles. The Bertz CT molecular complexity index is 1340. The molecule has 2 N–H and O–H groups in total. The van der Waals surface area contributed by atoms with E-state index in [1.165, 1.54) is 6.42 Å². The maximum atomic E-state index is 14.1. The van der Waals surface area contributed by atoms with Crippen LogP contribution in [-0.2, 0) is 23.9 Å². The van der Waals surface area contributed by atoms with Crippen molar-refractivity contribution in [1.29, 1.82) is 0 Å². The van der Waals surface area contributed by atoms with E-state index < -0.39 is 29.6 Å². The first-order valence-corrected chi connectivity index (χ1v) is 15.6. The number of carbonyl (C=O) groups is 3. The molecule has 228 valence electrons. The Morgan fingerprint density at radius 2 is 1.72 bits per heavy atom. The zero-order valence-electron chi connectivity index (χ0n) is 24.9. The van der Waals surface area contributed by atoms with Crippen molar-refractivity contribution in [3.05, 3.63) is 66.7 Å². The number of likely N-dealkylation sites (tertiary alicyclic amines) is 1. The minimum atomic E-state index is -1.17. The Kier molecular flexibility index (Phi) is 8.54. The smallest absolute Gasteiger partial charge is 0.246 e. The lowest BCUT2D eigenvalue weighted by Gasteiger charge is -2.34. The summed E-state index contributed by atoms with van der Waals surface area (Å²) in [4.78, 5) is 43.4. The summed E-state index contributed by atoms with van der Waals surface area (Å²) >= 11 is 0. The van der Waals surface area contributed by atoms with Gasteiger partial charge in [-0.1, -0.05) is 49.6 Å². The van der Waals surface area contributed by atoms with Crippen LogP contribution in [0, 0.1) is 11.8 Å². The molecule has 9 nitrogen and oxygen atoms in total. The molecular formula is C34H41N3O6. The molecular weight excluding hydrogens is 546 g/mol. The van der Waals surface area contributed by atoms with E-state index in [0.29, 0.717) is 31.0 Å². The van der Waals surface area contributed by atoms with Gasteiger partial charge in [0, 0.05) is 24.9 Å². The lowest BCUT2D eigenvalue weighted by molar-refractivity contribution is -0.141. The van der Waals surface area contributed by atoms with Gasteiger partial charge in [0.2, 0.25) is 17.7 Å². The van der Waals surface area contributed by atoms with E-state index in [1.54, 1.807) is 29.2 Å². The molecule has 2 bridgehead atoms. The Balaban J connectivity index is 1.19. The third-order valence-electron chi connectivity index (χ3n) is 8.97. The molecule has 5 atom stereocenters. The topological polar surface area (TPSA) is 106 Å². The third kappa shape index (κ3) is 5.93. The van der Waals surface area contributed by atoms with Gasteiger partial charge < -0.3 is 29.7 Å². The molecule has 9 heteroatoms. The normalized spacial score (nSPS) is 27.9. The maximum absolute atomic E-state index is 14.1. The van der Waals surface area contributed by atoms with E-state index in [9.17, 15) is 14.4 Å². The van der Waals surface area contributed by atoms with Crippen molar-refractivity contribution in [2.45, 2.75) is 82.3 Å². The number of fused-ring (bicyclic) bond motifs is 1. The lowest BCUT2D eigenvalue weighted by Crippen LogP contribution is -2.56. The van der Waals surface area contributed by atoms with Gasteiger partial charge in [-0.25, -0.2) is 0 Å². The molecule has 3 fully saturated rings. The molecule has 3 heterocycles. The summed E-state index contributed by atoms with van der Waals surface area (Å²) in [6.07, 6.45) is 8.99. The minimum Gasteiger partial charge on any atom is -0.457 e. The van der Waals surface area contributed by atoms with Gasteiger partial charge in [0.15, 0.2) is 0 Å². The molecule has 2 aromatic rings. The van der Waals surface area contributed by atoms with Crippen molar-refractivity contribution in [3.8, 4) is 11.5 Å². The first-order chi connectivity index (χ1) is 20.9. The highest BCUT2D eigenvalue weighted by molar-refractivity contribution is 6.02. The zero-order valence-corrected chi connectivity index (χ0v) is 24.9. The van der Waals surface area contributed by atoms with Crippen molar-refractivity contribution < 1.29 is 28.6 Å². The standard InChI is InChI=1S/C34H41N3O6/c1-22(2)41-21-9-20-37-30(32(39)36-23-10-5-3-6-11-23)34-19-18-27(43-34)28(29(34)33(37)40)31(38)35-24-14-16-26(17-15-24)42-25-12-7-4-8-13-25/h4,7-8,12-19,22-23,27-30H,3,5-6,9-11,20-21H2,1-2H3,(H,35,38)(H,36,39)/t27-,28?,29-,30?,34?/m0/s1. The summed E-state index contributed by atoms with van der Waals surface area (Å²) < 4.78 is 18.0. The summed E-state index contributed by atoms with van der Waals surface area (Å²) in [6.45, 7) is 4.76. The first kappa shape index (κ1) is 29.4. The van der Waals surface area contributed by atoms with Crippen molar-refractivity contribution in [1.82, 2.24) is 10.2 Å². The van der Waals surface area contributed by atoms with Crippen LogP contribution in [0.4, 0.5) is 5.69 Å². The second kappa shape index (κ2) is 12.5. The summed E-state index contributed by atoms with van der Waals surface area (Å²) in [5.41, 5.74) is -0.583. The number of hydrogen-bond donors (Lipinski definition) is 2. The number of benzene rings is 2. The van der Waals surface area contributed by atoms with Crippen molar-refractivity contribution >= 4 is 23.4 Å². The molecule has 1 spiro atoms. The van der Waals surface area contributed by atoms with Crippen LogP contribution in [0.2, 0.25) is 0 Å². The highest BCUT2D eigenvalue weighted by atomic mass is 16.5. The van der Waals surface area contributed by atoms with Crippen molar-refractivity contribution in [3.63, 3.8) is 0 Å². The van der Waals surface area contributed by atoms with Crippen molar-refractivity contribution in [2.24, 2.45) is 11.8 Å². The fourth-order valence-electron chi connectivity index (χ4n) is 7.05. The van der Waals surface area contributed by atoms with Gasteiger partial charge in [0.05, 0.1) is 24.0 Å². The van der Waals surface area contributed by atoms with E-state index in [0.717, 1.165) is 31.4 Å². The number of anilines is 1. The highest BCUT2D eigenvalue weighted by Gasteiger charge is 2.72. The average Bonchev–Trinajstić information content (AvgIpc) is 3.64. The van der Waals surface area contributed by atoms with Crippen LogP contribution in [0.5, 0.6) is 11.5 Å². The fourth-order valence-corrected chi connectivity index (χ4v) is 7.05. The highest BCUT2D eigenvalue weighted by Crippen LogP contribution is 2.55. The molecule has 43 heavy (non-hydrogen) atoms. The number of hydrogen-bond acceptors (Lipinski definition) is 6. The molecule has 3 unspecified atom stereocenters. The number of amides is 3. The van der Waals surface area contributed by atoms with E-state index >= 15 is 0 Å². The SMILES string of the molecule is CC(C)OCCCN1C(=O)[C@@H]2C(C(=O)Nc3ccc(Oc4ccccc4)cc3)[C@@H]3C=CC2(O3)C1C(=O)NC1CCCCC1. The van der Waals surface area contributed by atoms with E-state index in [4.69, 9.17) is 14.2 Å². The van der Waals surface area contributed by atoms with E-state index in [-0.39, 0.29) is 29.9 Å². The van der Waals surface area contributed by atoms with Gasteiger partial charge >= 0.3 is 0 Å². The Labute approximate surface area is 252 Å². The van der Waals surface area contributed by atoms with Gasteiger partial charge in [-0.3, -0.25) is 14.4 Å². The number of rotatable bonds is 11. The largest absolute Gasteiger partial charge is 0.457 e. The number of para-hydroxylation sites is 1. The van der Waals surface area contributed by atoms with Gasteiger partial charge in [-0.2, -0.15) is 0 Å². The Morgan fingerprint density at radius 1 is 1.00 bits per heavy atom. The molecule has 1 aliphatic carbocycles. The van der Waals surface area contributed by atoms with Gasteiger partial charge in [0.25, 0.3) is 0 Å². The molecule has 2 aromatic carbocycles. The number of nitrogens with one attached hydrogen (secondary N) is 2. The Hall–Kier alpha value is -3.69. The number of carbonyl (C=O) groups excluding carboxylic acids is 3. The van der Waals surface area contributed by atoms with E-state index in [1.807, 2.05) is 56.3 Å². The van der Waals surface area contributed by atoms with Crippen molar-refractivity contribution in [2.75, 3.05) is 18.5 Å². The molecule has 1 saturated carbocycles. The van der Waals surface area contributed by atoms with Crippen LogP contribution >= 0.6 is 0 Å². The van der Waals surface area contributed by atoms with Gasteiger partial charge in [0.1, 0.15) is 23.1 Å². The molecule has 3 aliphatic heterocycles. The van der Waals surface area contributed by atoms with E-state index in [2.05, 4.69) is 10.6 Å². The first-order valence-electron chi connectivity index (χ1n) is 15.6. The quantitative estimate of drug-likeness (QED) is 0.288. The second-order valence-corrected chi connectivity index (χ2v) is 12.3. The summed E-state index contributed by atoms with van der Waals surface area (Å²) in [5.74, 6) is -0.889. The fraction of sp³-hybridized carbons (Fsp3) is 0.500. The van der Waals surface area contributed by atoms with Crippen LogP contribution in [0.3, 0.4) is 0 Å². The molecule has 3 amide bonds. The maximum Gasteiger partial charge on any atom is 0.246 e. The van der Waals surface area contributed by atoms with Crippen LogP contribution in [0.1, 0.15) is 52.4 Å². The predicted molar refractivity (Wildman–Crippen MR) is 162 cm³/mol. The molecule has 4 aliphatic rings. The Morgan fingerprint density at radius 3 is 2.44 bits per heavy atom. The van der Waals surface area contributed by atoms with Crippen LogP contribution in [0.25, 0.3) is 0 Å². The van der Waals surface area contributed by atoms with Gasteiger partial charge in [-0.05, 0) is 69.5 Å². The molecule has 0 aromatic heterocycles. The zero-order chi connectivity index (χ0) is 30.0. The van der Waals surface area contributed by atoms with Crippen LogP contribution < -0.4 is 15.4 Å². The number of nitrogens with zero attached hydrogens (tertiary/aromatic N) is 1. The van der Waals surface area contributed by atoms with Crippen LogP contribution in [-0.4, -0.2) is 65.7 Å². The van der Waals surface area contributed by atoms with Crippen LogP contribution in [0.15, 0.2) is 66.7 Å². The predicted octanol–water partition coefficient (Wildman–Crippen LogP) is 4.83. The van der Waals surface area contributed by atoms with Gasteiger partial charge in [-0.15, -0.1) is 0 Å². The minimum absolute atomic E-state index is 0.0755. The number of ether oxygens (including phenoxy) is 3. The molecule has 0 radical (unpaired) electrons. The summed E-state index contributed by atoms with van der Waals surface area (Å²) in [6, 6.07) is 15.8. The lowest BCUT2D eigenvalue weighted by atomic mass is 9.74. The summed E-state index contributed by atoms with van der Waals surface area (Å²) in [7, 11) is 0. The third-order valence-corrected chi connectivity index (χ3v) is 8.97. The second-order valence-electron chi connectivity index (χ2n) is 12.3. The average molecular weight is 588 g/mol.